The summed E-state index contributed by atoms with van der Waals surface area (Å²) in [5.41, 5.74) is 0.958. The number of methoxy groups -OCH3 is 1. The number of carbonyl (C=O) groups is 1. The summed E-state index contributed by atoms with van der Waals surface area (Å²) in [5, 5.41) is 2.66. The maximum absolute atomic E-state index is 12.6. The van der Waals surface area contributed by atoms with Gasteiger partial charge in [0.05, 0.1) is 13.7 Å². The Labute approximate surface area is 164 Å². The van der Waals surface area contributed by atoms with Gasteiger partial charge in [-0.05, 0) is 43.9 Å². The summed E-state index contributed by atoms with van der Waals surface area (Å²) in [5.74, 6) is 0.570. The summed E-state index contributed by atoms with van der Waals surface area (Å²) >= 11 is 1.14. The van der Waals surface area contributed by atoms with Crippen LogP contribution < -0.4 is 14.8 Å². The number of hydrogen-bond donors (Lipinski definition) is 2. The Bertz CT molecular complexity index is 878. The molecule has 9 heteroatoms. The first-order valence-corrected chi connectivity index (χ1v) is 10.7. The van der Waals surface area contributed by atoms with Crippen LogP contribution in [0.2, 0.25) is 0 Å². The highest BCUT2D eigenvalue weighted by Crippen LogP contribution is 2.24. The third-order valence-corrected chi connectivity index (χ3v) is 6.98. The first-order valence-electron chi connectivity index (χ1n) is 8.36. The lowest BCUT2D eigenvalue weighted by Gasteiger charge is -2.25. The Morgan fingerprint density at radius 1 is 1.26 bits per heavy atom. The molecule has 0 bridgehead atoms. The Balaban J connectivity index is 2.10. The molecule has 27 heavy (non-hydrogen) atoms. The summed E-state index contributed by atoms with van der Waals surface area (Å²) in [6, 6.07) is 10.7. The molecule has 1 heterocycles. The molecular weight excluding hydrogens is 386 g/mol. The van der Waals surface area contributed by atoms with E-state index < -0.39 is 10.0 Å². The van der Waals surface area contributed by atoms with Crippen molar-refractivity contribution in [2.45, 2.75) is 23.7 Å². The fourth-order valence-electron chi connectivity index (χ4n) is 2.52. The first-order chi connectivity index (χ1) is 12.7. The van der Waals surface area contributed by atoms with Crippen molar-refractivity contribution in [1.82, 2.24) is 14.9 Å². The SMILES string of the molecule is COc1cccc(C(CNS(=O)(=O)c2ccc(CNC(C)=O)s2)N(C)C)c1. The van der Waals surface area contributed by atoms with Crippen molar-refractivity contribution >= 4 is 27.3 Å². The molecule has 0 saturated carbocycles. The van der Waals surface area contributed by atoms with Crippen molar-refractivity contribution in [3.63, 3.8) is 0 Å². The lowest BCUT2D eigenvalue weighted by Crippen LogP contribution is -2.34. The molecule has 148 valence electrons. The third-order valence-electron chi connectivity index (χ3n) is 3.98. The number of sulfonamides is 1. The van der Waals surface area contributed by atoms with Crippen LogP contribution in [0.3, 0.4) is 0 Å². The molecule has 0 saturated heterocycles. The number of nitrogens with zero attached hydrogens (tertiary/aromatic N) is 1. The Morgan fingerprint density at radius 2 is 2.00 bits per heavy atom. The molecule has 2 N–H and O–H groups in total. The van der Waals surface area contributed by atoms with Gasteiger partial charge in [0.1, 0.15) is 9.96 Å². The summed E-state index contributed by atoms with van der Waals surface area (Å²) in [6.45, 7) is 1.97. The second-order valence-corrected chi connectivity index (χ2v) is 9.40. The molecule has 0 aliphatic heterocycles. The molecule has 0 fully saturated rings. The molecule has 0 radical (unpaired) electrons. The van der Waals surface area contributed by atoms with Crippen molar-refractivity contribution in [1.29, 1.82) is 0 Å². The minimum absolute atomic E-state index is 0.145. The van der Waals surface area contributed by atoms with Crippen molar-refractivity contribution in [3.8, 4) is 5.75 Å². The number of amides is 1. The molecule has 2 aromatic rings. The number of rotatable bonds is 9. The van der Waals surface area contributed by atoms with E-state index in [4.69, 9.17) is 4.74 Å². The van der Waals surface area contributed by atoms with E-state index >= 15 is 0 Å². The van der Waals surface area contributed by atoms with Crippen LogP contribution >= 0.6 is 11.3 Å². The zero-order valence-electron chi connectivity index (χ0n) is 15.9. The molecule has 0 spiro atoms. The predicted octanol–water partition coefficient (Wildman–Crippen LogP) is 1.97. The highest BCUT2D eigenvalue weighted by Gasteiger charge is 2.21. The number of hydrogen-bond acceptors (Lipinski definition) is 6. The van der Waals surface area contributed by atoms with Gasteiger partial charge in [-0.15, -0.1) is 11.3 Å². The number of carbonyl (C=O) groups excluding carboxylic acids is 1. The molecule has 2 rings (SSSR count). The van der Waals surface area contributed by atoms with E-state index in [1.807, 2.05) is 43.3 Å². The number of ether oxygens (including phenoxy) is 1. The molecular formula is C18H25N3O4S2. The standard InChI is InChI=1S/C18H25N3O4S2/c1-13(22)19-11-16-8-9-18(26-16)27(23,24)20-12-17(21(2)3)14-6-5-7-15(10-14)25-4/h5-10,17,20H,11-12H2,1-4H3,(H,19,22). The minimum Gasteiger partial charge on any atom is -0.497 e. The fourth-order valence-corrected chi connectivity index (χ4v) is 4.89. The van der Waals surface area contributed by atoms with Crippen LogP contribution in [0.4, 0.5) is 0 Å². The topological polar surface area (TPSA) is 87.7 Å². The van der Waals surface area contributed by atoms with Crippen LogP contribution in [0.15, 0.2) is 40.6 Å². The quantitative estimate of drug-likeness (QED) is 0.659. The Kier molecular flexibility index (Phi) is 7.37. The van der Waals surface area contributed by atoms with Gasteiger partial charge in [-0.1, -0.05) is 12.1 Å². The lowest BCUT2D eigenvalue weighted by atomic mass is 10.1. The largest absolute Gasteiger partial charge is 0.497 e. The molecule has 1 unspecified atom stereocenters. The van der Waals surface area contributed by atoms with E-state index in [-0.39, 0.29) is 22.7 Å². The summed E-state index contributed by atoms with van der Waals surface area (Å²) in [4.78, 5) is 13.7. The average Bonchev–Trinajstić information content (AvgIpc) is 3.10. The number of likely N-dealkylation sites (N-methyl/N-ethyl adjacent to an activating group) is 1. The van der Waals surface area contributed by atoms with Crippen molar-refractivity contribution < 1.29 is 17.9 Å². The second kappa shape index (κ2) is 9.32. The predicted molar refractivity (Wildman–Crippen MR) is 106 cm³/mol. The van der Waals surface area contributed by atoms with E-state index in [9.17, 15) is 13.2 Å². The summed E-state index contributed by atoms with van der Waals surface area (Å²) in [7, 11) is 1.76. The van der Waals surface area contributed by atoms with Crippen LogP contribution in [-0.2, 0) is 21.4 Å². The average molecular weight is 412 g/mol. The van der Waals surface area contributed by atoms with Crippen LogP contribution in [0, 0.1) is 0 Å². The zero-order chi connectivity index (χ0) is 20.0. The van der Waals surface area contributed by atoms with Gasteiger partial charge >= 0.3 is 0 Å². The van der Waals surface area contributed by atoms with E-state index in [2.05, 4.69) is 10.0 Å². The van der Waals surface area contributed by atoms with Gasteiger partial charge < -0.3 is 15.0 Å². The van der Waals surface area contributed by atoms with Crippen molar-refractivity contribution in [3.05, 3.63) is 46.8 Å². The van der Waals surface area contributed by atoms with Gasteiger partial charge in [0.15, 0.2) is 0 Å². The summed E-state index contributed by atoms with van der Waals surface area (Å²) < 4.78 is 33.4. The van der Waals surface area contributed by atoms with Crippen LogP contribution in [-0.4, -0.2) is 47.0 Å². The Hall–Kier alpha value is -1.94. The van der Waals surface area contributed by atoms with Gasteiger partial charge in [-0.2, -0.15) is 0 Å². The van der Waals surface area contributed by atoms with E-state index in [0.29, 0.717) is 6.54 Å². The van der Waals surface area contributed by atoms with Gasteiger partial charge in [0.2, 0.25) is 15.9 Å². The van der Waals surface area contributed by atoms with Gasteiger partial charge in [0.25, 0.3) is 0 Å². The normalized spacial score (nSPS) is 12.8. The second-order valence-electron chi connectivity index (χ2n) is 6.24. The van der Waals surface area contributed by atoms with E-state index in [1.165, 1.54) is 6.92 Å². The highest BCUT2D eigenvalue weighted by molar-refractivity contribution is 7.91. The highest BCUT2D eigenvalue weighted by atomic mass is 32.2. The lowest BCUT2D eigenvalue weighted by molar-refractivity contribution is -0.119. The molecule has 0 aliphatic rings. The van der Waals surface area contributed by atoms with Gasteiger partial charge in [0, 0.05) is 24.4 Å². The monoisotopic (exact) mass is 411 g/mol. The summed E-state index contributed by atoms with van der Waals surface area (Å²) in [6.07, 6.45) is 0. The number of benzene rings is 1. The first kappa shape index (κ1) is 21.4. The molecule has 1 aromatic heterocycles. The van der Waals surface area contributed by atoms with Crippen molar-refractivity contribution in [2.75, 3.05) is 27.7 Å². The minimum atomic E-state index is -3.63. The third kappa shape index (κ3) is 6.03. The fraction of sp³-hybridized carbons (Fsp3) is 0.389. The van der Waals surface area contributed by atoms with E-state index in [0.717, 1.165) is 27.5 Å². The number of thiophene rings is 1. The molecule has 1 amide bonds. The van der Waals surface area contributed by atoms with Crippen molar-refractivity contribution in [2.24, 2.45) is 0 Å². The van der Waals surface area contributed by atoms with Gasteiger partial charge in [-0.3, -0.25) is 4.79 Å². The smallest absolute Gasteiger partial charge is 0.250 e. The van der Waals surface area contributed by atoms with Crippen LogP contribution in [0.1, 0.15) is 23.4 Å². The molecule has 1 atom stereocenters. The molecule has 7 nitrogen and oxygen atoms in total. The molecule has 1 aromatic carbocycles. The molecule has 0 aliphatic carbocycles. The maximum atomic E-state index is 12.6. The zero-order valence-corrected chi connectivity index (χ0v) is 17.5. The van der Waals surface area contributed by atoms with E-state index in [1.54, 1.807) is 19.2 Å². The Morgan fingerprint density at radius 3 is 2.63 bits per heavy atom. The van der Waals surface area contributed by atoms with Crippen LogP contribution in [0.5, 0.6) is 5.75 Å². The van der Waals surface area contributed by atoms with Gasteiger partial charge in [-0.25, -0.2) is 13.1 Å². The van der Waals surface area contributed by atoms with Crippen LogP contribution in [0.25, 0.3) is 0 Å². The number of nitrogens with one attached hydrogen (secondary N) is 2. The maximum Gasteiger partial charge on any atom is 0.250 e.